The van der Waals surface area contributed by atoms with Crippen LogP contribution in [0.25, 0.3) is 0 Å². The van der Waals surface area contributed by atoms with E-state index in [1.807, 2.05) is 13.8 Å². The molecule has 0 aliphatic carbocycles. The van der Waals surface area contributed by atoms with Crippen LogP contribution in [0.3, 0.4) is 0 Å². The van der Waals surface area contributed by atoms with Crippen LogP contribution >= 0.6 is 15.9 Å². The lowest BCUT2D eigenvalue weighted by Gasteiger charge is -2.24. The van der Waals surface area contributed by atoms with Gasteiger partial charge in [0.2, 0.25) is 5.88 Å². The fourth-order valence-corrected chi connectivity index (χ4v) is 1.30. The average Bonchev–Trinajstić information content (AvgIpc) is 2.10. The van der Waals surface area contributed by atoms with Gasteiger partial charge in [-0.05, 0) is 42.3 Å². The summed E-state index contributed by atoms with van der Waals surface area (Å²) in [6.45, 7) is 6.13. The summed E-state index contributed by atoms with van der Waals surface area (Å²) in [5.41, 5.74) is 6.00. The van der Waals surface area contributed by atoms with Gasteiger partial charge in [-0.15, -0.1) is 0 Å². The molecule has 1 rings (SSSR count). The molecular formula is C10H15BrN2O. The molecule has 0 aliphatic rings. The summed E-state index contributed by atoms with van der Waals surface area (Å²) in [5, 5.41) is 0. The Labute approximate surface area is 92.8 Å². The highest BCUT2D eigenvalue weighted by Gasteiger charge is 2.18. The maximum Gasteiger partial charge on any atom is 0.228 e. The average molecular weight is 259 g/mol. The third-order valence-corrected chi connectivity index (χ3v) is 2.62. The zero-order valence-corrected chi connectivity index (χ0v) is 10.3. The second-order valence-electron chi connectivity index (χ2n) is 3.77. The Morgan fingerprint density at radius 1 is 1.57 bits per heavy atom. The van der Waals surface area contributed by atoms with Crippen LogP contribution in [-0.4, -0.2) is 10.6 Å². The molecule has 0 aliphatic heterocycles. The molecular weight excluding hydrogens is 244 g/mol. The van der Waals surface area contributed by atoms with Crippen molar-refractivity contribution in [3.63, 3.8) is 0 Å². The monoisotopic (exact) mass is 258 g/mol. The van der Waals surface area contributed by atoms with E-state index in [-0.39, 0.29) is 5.60 Å². The van der Waals surface area contributed by atoms with Crippen molar-refractivity contribution in [2.75, 3.05) is 5.73 Å². The van der Waals surface area contributed by atoms with E-state index in [2.05, 4.69) is 27.8 Å². The Balaban J connectivity index is 2.87. The van der Waals surface area contributed by atoms with E-state index in [0.29, 0.717) is 11.6 Å². The molecule has 1 aromatic heterocycles. The molecule has 0 saturated carbocycles. The van der Waals surface area contributed by atoms with Crippen LogP contribution in [0.4, 0.5) is 5.69 Å². The van der Waals surface area contributed by atoms with Crippen molar-refractivity contribution in [1.29, 1.82) is 0 Å². The highest BCUT2D eigenvalue weighted by molar-refractivity contribution is 9.10. The van der Waals surface area contributed by atoms with Crippen LogP contribution in [0.2, 0.25) is 0 Å². The summed E-state index contributed by atoms with van der Waals surface area (Å²) >= 11 is 3.36. The van der Waals surface area contributed by atoms with Crippen molar-refractivity contribution < 1.29 is 4.74 Å². The standard InChI is InChI=1S/C10H15BrN2O/c1-4-10(2,3)14-9-8(11)5-7(12)6-13-9/h5-6H,4,12H2,1-3H3. The van der Waals surface area contributed by atoms with Gasteiger partial charge in [-0.1, -0.05) is 6.92 Å². The van der Waals surface area contributed by atoms with Gasteiger partial charge in [-0.2, -0.15) is 0 Å². The number of nitrogens with two attached hydrogens (primary N) is 1. The van der Waals surface area contributed by atoms with Gasteiger partial charge >= 0.3 is 0 Å². The van der Waals surface area contributed by atoms with E-state index in [0.717, 1.165) is 10.9 Å². The molecule has 14 heavy (non-hydrogen) atoms. The molecule has 0 radical (unpaired) electrons. The van der Waals surface area contributed by atoms with Crippen molar-refractivity contribution in [1.82, 2.24) is 4.98 Å². The smallest absolute Gasteiger partial charge is 0.228 e. The van der Waals surface area contributed by atoms with Gasteiger partial charge in [0.05, 0.1) is 16.4 Å². The molecule has 0 unspecified atom stereocenters. The summed E-state index contributed by atoms with van der Waals surface area (Å²) in [7, 11) is 0. The third-order valence-electron chi connectivity index (χ3n) is 2.05. The van der Waals surface area contributed by atoms with Crippen LogP contribution in [0.5, 0.6) is 5.88 Å². The first-order chi connectivity index (χ1) is 6.44. The summed E-state index contributed by atoms with van der Waals surface area (Å²) < 4.78 is 6.51. The highest BCUT2D eigenvalue weighted by atomic mass is 79.9. The Bertz CT molecular complexity index is 326. The first kappa shape index (κ1) is 11.3. The zero-order valence-electron chi connectivity index (χ0n) is 8.67. The maximum atomic E-state index is 5.72. The largest absolute Gasteiger partial charge is 0.471 e. The molecule has 0 aromatic carbocycles. The Kier molecular flexibility index (Phi) is 3.37. The molecule has 2 N–H and O–H groups in total. The van der Waals surface area contributed by atoms with Crippen molar-refractivity contribution >= 4 is 21.6 Å². The Morgan fingerprint density at radius 2 is 2.21 bits per heavy atom. The molecule has 0 amide bonds. The zero-order chi connectivity index (χ0) is 10.8. The topological polar surface area (TPSA) is 48.1 Å². The van der Waals surface area contributed by atoms with Gasteiger partial charge in [-0.25, -0.2) is 4.98 Å². The number of ether oxygens (including phenoxy) is 1. The summed E-state index contributed by atoms with van der Waals surface area (Å²) in [6.07, 6.45) is 2.51. The number of pyridine rings is 1. The predicted molar refractivity (Wildman–Crippen MR) is 61.3 cm³/mol. The Hall–Kier alpha value is -0.770. The highest BCUT2D eigenvalue weighted by Crippen LogP contribution is 2.28. The molecule has 4 heteroatoms. The van der Waals surface area contributed by atoms with Crippen LogP contribution in [0, 0.1) is 0 Å². The molecule has 1 aromatic rings. The first-order valence-corrected chi connectivity index (χ1v) is 5.34. The predicted octanol–water partition coefficient (Wildman–Crippen LogP) is 2.99. The lowest BCUT2D eigenvalue weighted by atomic mass is 10.1. The third kappa shape index (κ3) is 2.87. The minimum atomic E-state index is -0.203. The SMILES string of the molecule is CCC(C)(C)Oc1ncc(N)cc1Br. The molecule has 1 heterocycles. The van der Waals surface area contributed by atoms with Gasteiger partial charge < -0.3 is 10.5 Å². The number of nitrogen functional groups attached to an aromatic ring is 1. The lowest BCUT2D eigenvalue weighted by molar-refractivity contribution is 0.0980. The number of hydrogen-bond donors (Lipinski definition) is 1. The molecule has 78 valence electrons. The van der Waals surface area contributed by atoms with E-state index < -0.39 is 0 Å². The minimum Gasteiger partial charge on any atom is -0.471 e. The van der Waals surface area contributed by atoms with Crippen molar-refractivity contribution in [2.45, 2.75) is 32.8 Å². The van der Waals surface area contributed by atoms with Crippen molar-refractivity contribution in [3.05, 3.63) is 16.7 Å². The van der Waals surface area contributed by atoms with Gasteiger partial charge in [0.1, 0.15) is 5.60 Å². The number of aromatic nitrogens is 1. The number of halogens is 1. The normalized spacial score (nSPS) is 11.4. The molecule has 0 fully saturated rings. The summed E-state index contributed by atoms with van der Waals surface area (Å²) in [4.78, 5) is 4.12. The molecule has 3 nitrogen and oxygen atoms in total. The van der Waals surface area contributed by atoms with E-state index in [4.69, 9.17) is 10.5 Å². The lowest BCUT2D eigenvalue weighted by Crippen LogP contribution is -2.27. The molecule has 0 saturated heterocycles. The number of anilines is 1. The fraction of sp³-hybridized carbons (Fsp3) is 0.500. The maximum absolute atomic E-state index is 5.72. The molecule has 0 bridgehead atoms. The van der Waals surface area contributed by atoms with Gasteiger partial charge in [0.15, 0.2) is 0 Å². The minimum absolute atomic E-state index is 0.203. The number of nitrogens with zero attached hydrogens (tertiary/aromatic N) is 1. The van der Waals surface area contributed by atoms with Crippen LogP contribution < -0.4 is 10.5 Å². The van der Waals surface area contributed by atoms with Gasteiger partial charge in [0.25, 0.3) is 0 Å². The van der Waals surface area contributed by atoms with Crippen LogP contribution in [0.1, 0.15) is 27.2 Å². The number of hydrogen-bond acceptors (Lipinski definition) is 3. The van der Waals surface area contributed by atoms with E-state index in [1.54, 1.807) is 12.3 Å². The van der Waals surface area contributed by atoms with E-state index in [9.17, 15) is 0 Å². The van der Waals surface area contributed by atoms with E-state index >= 15 is 0 Å². The van der Waals surface area contributed by atoms with Crippen LogP contribution in [0.15, 0.2) is 16.7 Å². The van der Waals surface area contributed by atoms with Crippen molar-refractivity contribution in [2.24, 2.45) is 0 Å². The Morgan fingerprint density at radius 3 is 2.71 bits per heavy atom. The fourth-order valence-electron chi connectivity index (χ4n) is 0.849. The second-order valence-corrected chi connectivity index (χ2v) is 4.63. The molecule has 0 atom stereocenters. The van der Waals surface area contributed by atoms with Crippen LogP contribution in [-0.2, 0) is 0 Å². The van der Waals surface area contributed by atoms with Gasteiger partial charge in [0, 0.05) is 0 Å². The van der Waals surface area contributed by atoms with Crippen molar-refractivity contribution in [3.8, 4) is 5.88 Å². The quantitative estimate of drug-likeness (QED) is 0.907. The summed E-state index contributed by atoms with van der Waals surface area (Å²) in [6, 6.07) is 1.79. The van der Waals surface area contributed by atoms with E-state index in [1.165, 1.54) is 0 Å². The second kappa shape index (κ2) is 4.17. The van der Waals surface area contributed by atoms with Gasteiger partial charge in [-0.3, -0.25) is 0 Å². The first-order valence-electron chi connectivity index (χ1n) is 4.54. The summed E-state index contributed by atoms with van der Waals surface area (Å²) in [5.74, 6) is 0.589. The molecule has 0 spiro atoms. The number of rotatable bonds is 3.